The zero-order valence-electron chi connectivity index (χ0n) is 10.4. The number of ether oxygens (including phenoxy) is 2. The van der Waals surface area contributed by atoms with Gasteiger partial charge < -0.3 is 20.4 Å². The molecule has 98 valence electrons. The van der Waals surface area contributed by atoms with Gasteiger partial charge in [0, 0.05) is 6.42 Å². The first-order chi connectivity index (χ1) is 8.63. The van der Waals surface area contributed by atoms with Gasteiger partial charge in [-0.1, -0.05) is 5.16 Å². The highest BCUT2D eigenvalue weighted by Crippen LogP contribution is 2.23. The summed E-state index contributed by atoms with van der Waals surface area (Å²) in [5, 5.41) is 19.8. The summed E-state index contributed by atoms with van der Waals surface area (Å²) < 4.78 is 10.9. The Morgan fingerprint density at radius 2 is 2.28 bits per heavy atom. The smallest absolute Gasteiger partial charge is 0.245 e. The second-order valence-corrected chi connectivity index (χ2v) is 4.18. The molecule has 0 spiro atoms. The Labute approximate surface area is 105 Å². The minimum atomic E-state index is -0.0633. The Hall–Kier alpha value is -1.89. The van der Waals surface area contributed by atoms with Crippen molar-refractivity contribution in [2.24, 2.45) is 10.9 Å². The first-order valence-electron chi connectivity index (χ1n) is 5.69. The highest BCUT2D eigenvalue weighted by atomic mass is 16.5. The maximum absolute atomic E-state index is 8.82. The Kier molecular flexibility index (Phi) is 3.61. The Balaban J connectivity index is 2.36. The van der Waals surface area contributed by atoms with Crippen molar-refractivity contribution in [2.45, 2.75) is 26.4 Å². The molecule has 3 N–H and O–H groups in total. The molecular formula is C11H16N4O3. The van der Waals surface area contributed by atoms with Crippen molar-refractivity contribution in [1.29, 1.82) is 0 Å². The number of hydrogen-bond acceptors (Lipinski definition) is 6. The average Bonchev–Trinajstić information content (AvgIpc) is 2.86. The van der Waals surface area contributed by atoms with Crippen LogP contribution < -0.4 is 10.5 Å². The molecule has 2 rings (SSSR count). The summed E-state index contributed by atoms with van der Waals surface area (Å²) in [6.45, 7) is 4.82. The molecule has 1 unspecified atom stereocenters. The first kappa shape index (κ1) is 12.6. The van der Waals surface area contributed by atoms with Crippen LogP contribution in [0.25, 0.3) is 0 Å². The third kappa shape index (κ3) is 2.35. The Morgan fingerprint density at radius 3 is 2.89 bits per heavy atom. The molecule has 0 saturated carbocycles. The molecule has 1 aliphatic rings. The number of aromatic nitrogens is 2. The van der Waals surface area contributed by atoms with Crippen molar-refractivity contribution in [3.8, 4) is 5.88 Å². The average molecular weight is 252 g/mol. The molecule has 0 aliphatic carbocycles. The maximum atomic E-state index is 8.82. The van der Waals surface area contributed by atoms with Crippen molar-refractivity contribution in [3.05, 3.63) is 16.8 Å². The van der Waals surface area contributed by atoms with Crippen molar-refractivity contribution >= 4 is 5.84 Å². The topological polar surface area (TPSA) is 103 Å². The van der Waals surface area contributed by atoms with Gasteiger partial charge in [0.25, 0.3) is 0 Å². The molecule has 0 bridgehead atoms. The molecule has 0 aromatic carbocycles. The lowest BCUT2D eigenvalue weighted by Crippen LogP contribution is -2.23. The fraction of sp³-hybridized carbons (Fsp3) is 0.545. The lowest BCUT2D eigenvalue weighted by atomic mass is 10.1. The number of oxime groups is 1. The predicted molar refractivity (Wildman–Crippen MR) is 63.9 cm³/mol. The number of hydrogen-bond donors (Lipinski definition) is 2. The molecule has 1 fully saturated rings. The van der Waals surface area contributed by atoms with E-state index in [9.17, 15) is 0 Å². The van der Waals surface area contributed by atoms with Crippen LogP contribution in [-0.2, 0) is 4.74 Å². The van der Waals surface area contributed by atoms with E-state index in [-0.39, 0.29) is 17.8 Å². The summed E-state index contributed by atoms with van der Waals surface area (Å²) in [5.74, 6) is 0.253. The van der Waals surface area contributed by atoms with Crippen LogP contribution in [0.15, 0.2) is 5.16 Å². The minimum Gasteiger partial charge on any atom is -0.470 e. The van der Waals surface area contributed by atoms with Crippen LogP contribution >= 0.6 is 0 Å². The zero-order valence-corrected chi connectivity index (χ0v) is 10.4. The van der Waals surface area contributed by atoms with Gasteiger partial charge in [0.1, 0.15) is 6.10 Å². The second-order valence-electron chi connectivity index (χ2n) is 4.18. The lowest BCUT2D eigenvalue weighted by molar-refractivity contribution is 0.137. The van der Waals surface area contributed by atoms with Gasteiger partial charge in [-0.2, -0.15) is 5.10 Å². The van der Waals surface area contributed by atoms with Gasteiger partial charge in [-0.3, -0.25) is 0 Å². The first-order valence-corrected chi connectivity index (χ1v) is 5.69. The van der Waals surface area contributed by atoms with E-state index in [0.29, 0.717) is 24.5 Å². The van der Waals surface area contributed by atoms with Crippen molar-refractivity contribution in [2.75, 3.05) is 13.2 Å². The normalized spacial score (nSPS) is 20.1. The fourth-order valence-corrected chi connectivity index (χ4v) is 1.78. The molecule has 1 aromatic rings. The zero-order chi connectivity index (χ0) is 13.1. The van der Waals surface area contributed by atoms with Gasteiger partial charge in [-0.25, -0.2) is 0 Å². The van der Waals surface area contributed by atoms with Crippen LogP contribution in [0, 0.1) is 13.8 Å². The van der Waals surface area contributed by atoms with Gasteiger partial charge >= 0.3 is 0 Å². The van der Waals surface area contributed by atoms with Crippen molar-refractivity contribution in [3.63, 3.8) is 0 Å². The van der Waals surface area contributed by atoms with Crippen molar-refractivity contribution < 1.29 is 14.7 Å². The van der Waals surface area contributed by atoms with Crippen LogP contribution in [0.3, 0.4) is 0 Å². The lowest BCUT2D eigenvalue weighted by Gasteiger charge is -2.15. The van der Waals surface area contributed by atoms with Crippen LogP contribution in [-0.4, -0.2) is 40.6 Å². The SMILES string of the molecule is Cc1nnc(OC2CCOC2)c(C(N)=NO)c1C. The second kappa shape index (κ2) is 5.18. The van der Waals surface area contributed by atoms with E-state index < -0.39 is 0 Å². The van der Waals surface area contributed by atoms with Gasteiger partial charge in [0.05, 0.1) is 24.5 Å². The molecule has 7 heteroatoms. The fourth-order valence-electron chi connectivity index (χ4n) is 1.78. The molecule has 2 heterocycles. The summed E-state index contributed by atoms with van der Waals surface area (Å²) in [6.07, 6.45) is 0.733. The highest BCUT2D eigenvalue weighted by Gasteiger charge is 2.23. The minimum absolute atomic E-state index is 0.0283. The molecule has 1 aliphatic heterocycles. The molecule has 18 heavy (non-hydrogen) atoms. The van der Waals surface area contributed by atoms with E-state index in [1.807, 2.05) is 6.92 Å². The number of nitrogens with two attached hydrogens (primary N) is 1. The van der Waals surface area contributed by atoms with E-state index in [1.165, 1.54) is 0 Å². The standard InChI is InChI=1S/C11H16N4O3/c1-6-7(2)13-14-11(9(6)10(12)15-16)18-8-3-4-17-5-8/h8,16H,3-5H2,1-2H3,(H2,12,15). The highest BCUT2D eigenvalue weighted by molar-refractivity contribution is 6.00. The summed E-state index contributed by atoms with van der Waals surface area (Å²) in [4.78, 5) is 0. The van der Waals surface area contributed by atoms with Gasteiger partial charge in [-0.05, 0) is 19.4 Å². The molecule has 7 nitrogen and oxygen atoms in total. The monoisotopic (exact) mass is 252 g/mol. The number of amidine groups is 1. The van der Waals surface area contributed by atoms with Gasteiger partial charge in [0.2, 0.25) is 5.88 Å². The third-order valence-corrected chi connectivity index (χ3v) is 2.95. The Morgan fingerprint density at radius 1 is 1.50 bits per heavy atom. The summed E-state index contributed by atoms with van der Waals surface area (Å²) in [7, 11) is 0. The van der Waals surface area contributed by atoms with E-state index >= 15 is 0 Å². The summed E-state index contributed by atoms with van der Waals surface area (Å²) in [6, 6.07) is 0. The predicted octanol–water partition coefficient (Wildman–Crippen LogP) is 0.356. The molecule has 1 saturated heterocycles. The largest absolute Gasteiger partial charge is 0.470 e. The van der Waals surface area contributed by atoms with Crippen molar-refractivity contribution in [1.82, 2.24) is 10.2 Å². The third-order valence-electron chi connectivity index (χ3n) is 2.95. The molecule has 0 amide bonds. The number of rotatable bonds is 3. The van der Waals surface area contributed by atoms with E-state index in [0.717, 1.165) is 12.0 Å². The number of aryl methyl sites for hydroxylation is 1. The van der Waals surface area contributed by atoms with Crippen LogP contribution in [0.1, 0.15) is 23.2 Å². The van der Waals surface area contributed by atoms with E-state index in [2.05, 4.69) is 15.4 Å². The summed E-state index contributed by atoms with van der Waals surface area (Å²) in [5.41, 5.74) is 7.64. The Bertz CT molecular complexity index is 470. The van der Waals surface area contributed by atoms with E-state index in [4.69, 9.17) is 20.4 Å². The van der Waals surface area contributed by atoms with E-state index in [1.54, 1.807) is 6.92 Å². The molecule has 1 atom stereocenters. The molecular weight excluding hydrogens is 236 g/mol. The van der Waals surface area contributed by atoms with Crippen LogP contribution in [0.5, 0.6) is 5.88 Å². The van der Waals surface area contributed by atoms with Crippen LogP contribution in [0.2, 0.25) is 0 Å². The van der Waals surface area contributed by atoms with Gasteiger partial charge in [0.15, 0.2) is 5.84 Å². The molecule has 1 aromatic heterocycles. The number of nitrogens with zero attached hydrogens (tertiary/aromatic N) is 3. The molecule has 0 radical (unpaired) electrons. The van der Waals surface area contributed by atoms with Gasteiger partial charge in [-0.15, -0.1) is 5.10 Å². The quantitative estimate of drug-likeness (QED) is 0.348. The maximum Gasteiger partial charge on any atom is 0.245 e. The van der Waals surface area contributed by atoms with Crippen LogP contribution in [0.4, 0.5) is 0 Å². The summed E-state index contributed by atoms with van der Waals surface area (Å²) >= 11 is 0.